The standard InChI is InChI=1S/C39H58O8Si/c1-11-18-31(47-48(9,10)37(2,3)4)30(40)23-24-32(41-25-28-19-14-12-15-20-28)34(42-26-29-21-16-13-17-22-29)36-35(45-39(7,8)46-36)33-27-43-38(5,6)44-33/h11-24,30-36,40H,25-27H2,1-10H3/b18-11+,24-23+/t30?,31-,32-,33+,34+,35+,36+/m0/s1. The smallest absolute Gasteiger partial charge is 0.193 e. The van der Waals surface area contributed by atoms with Crippen molar-refractivity contribution in [2.45, 2.75) is 141 Å². The van der Waals surface area contributed by atoms with Gasteiger partial charge in [-0.3, -0.25) is 0 Å². The third-order valence-electron chi connectivity index (χ3n) is 9.23. The zero-order chi connectivity index (χ0) is 35.2. The molecule has 0 aromatic heterocycles. The fourth-order valence-electron chi connectivity index (χ4n) is 5.67. The number of allylic oxidation sites excluding steroid dienone is 1. The van der Waals surface area contributed by atoms with Crippen molar-refractivity contribution in [3.63, 3.8) is 0 Å². The molecule has 8 nitrogen and oxygen atoms in total. The lowest BCUT2D eigenvalue weighted by atomic mass is 9.97. The van der Waals surface area contributed by atoms with E-state index in [9.17, 15) is 5.11 Å². The lowest BCUT2D eigenvalue weighted by molar-refractivity contribution is -0.178. The molecule has 4 rings (SSSR count). The molecule has 9 heteroatoms. The summed E-state index contributed by atoms with van der Waals surface area (Å²) in [4.78, 5) is 0. The first-order valence-corrected chi connectivity index (χ1v) is 20.1. The summed E-state index contributed by atoms with van der Waals surface area (Å²) in [6, 6.07) is 20.0. The van der Waals surface area contributed by atoms with Gasteiger partial charge in [0.15, 0.2) is 19.9 Å². The van der Waals surface area contributed by atoms with E-state index >= 15 is 0 Å². The summed E-state index contributed by atoms with van der Waals surface area (Å²) in [6.07, 6.45) is 3.32. The van der Waals surface area contributed by atoms with E-state index in [1.165, 1.54) is 0 Å². The molecule has 48 heavy (non-hydrogen) atoms. The number of rotatable bonds is 15. The van der Waals surface area contributed by atoms with Crippen LogP contribution in [0.3, 0.4) is 0 Å². The van der Waals surface area contributed by atoms with Gasteiger partial charge in [-0.2, -0.15) is 0 Å². The highest BCUT2D eigenvalue weighted by Crippen LogP contribution is 2.40. The summed E-state index contributed by atoms with van der Waals surface area (Å²) in [5, 5.41) is 11.6. The second-order valence-corrected chi connectivity index (χ2v) is 20.0. The van der Waals surface area contributed by atoms with Gasteiger partial charge >= 0.3 is 0 Å². The fraction of sp³-hybridized carbons (Fsp3) is 0.590. The summed E-state index contributed by atoms with van der Waals surface area (Å²) < 4.78 is 45.5. The highest BCUT2D eigenvalue weighted by Gasteiger charge is 2.54. The Morgan fingerprint density at radius 3 is 1.92 bits per heavy atom. The van der Waals surface area contributed by atoms with Crippen LogP contribution in [0.15, 0.2) is 85.0 Å². The average Bonchev–Trinajstić information content (AvgIpc) is 3.55. The van der Waals surface area contributed by atoms with Gasteiger partial charge in [0.25, 0.3) is 0 Å². The minimum atomic E-state index is -2.19. The SMILES string of the molecule is C/C=C/[C@H](O[Si](C)(C)C(C)(C)C)C(O)/C=C/[C@H](OCc1ccccc1)[C@@H](OCc1ccccc1)[C@H]1OC(C)(C)O[C@@H]1[C@H]1COC(C)(C)O1. The van der Waals surface area contributed by atoms with E-state index in [2.05, 4.69) is 33.9 Å². The third-order valence-corrected chi connectivity index (χ3v) is 13.7. The van der Waals surface area contributed by atoms with Gasteiger partial charge in [0, 0.05) is 0 Å². The highest BCUT2D eigenvalue weighted by atomic mass is 28.4. The number of aliphatic hydroxyl groups excluding tert-OH is 1. The van der Waals surface area contributed by atoms with Crippen molar-refractivity contribution in [2.24, 2.45) is 0 Å². The zero-order valence-corrected chi connectivity index (χ0v) is 31.6. The second kappa shape index (κ2) is 16.2. The van der Waals surface area contributed by atoms with Crippen LogP contribution in [0, 0.1) is 0 Å². The second-order valence-electron chi connectivity index (χ2n) is 15.2. The van der Waals surface area contributed by atoms with E-state index in [0.29, 0.717) is 19.8 Å². The van der Waals surface area contributed by atoms with Gasteiger partial charge in [0.1, 0.15) is 36.6 Å². The molecule has 2 aromatic rings. The number of benzene rings is 2. The van der Waals surface area contributed by atoms with Gasteiger partial charge in [0.05, 0.1) is 25.9 Å². The van der Waals surface area contributed by atoms with Crippen molar-refractivity contribution in [3.8, 4) is 0 Å². The van der Waals surface area contributed by atoms with Crippen molar-refractivity contribution in [1.29, 1.82) is 0 Å². The summed E-state index contributed by atoms with van der Waals surface area (Å²) >= 11 is 0. The molecule has 1 unspecified atom stereocenters. The van der Waals surface area contributed by atoms with Crippen LogP contribution in [-0.4, -0.2) is 74.3 Å². The van der Waals surface area contributed by atoms with Gasteiger partial charge in [0.2, 0.25) is 0 Å². The minimum absolute atomic E-state index is 0.0177. The quantitative estimate of drug-likeness (QED) is 0.151. The highest BCUT2D eigenvalue weighted by molar-refractivity contribution is 6.74. The molecule has 266 valence electrons. The maximum Gasteiger partial charge on any atom is 0.193 e. The Bertz CT molecular complexity index is 1320. The van der Waals surface area contributed by atoms with Crippen molar-refractivity contribution in [2.75, 3.05) is 6.61 Å². The number of aliphatic hydroxyl groups is 1. The van der Waals surface area contributed by atoms with E-state index in [4.69, 9.17) is 32.8 Å². The Hall–Kier alpha value is -2.18. The topological polar surface area (TPSA) is 84.8 Å². The van der Waals surface area contributed by atoms with Crippen molar-refractivity contribution in [3.05, 3.63) is 96.1 Å². The van der Waals surface area contributed by atoms with Crippen LogP contribution in [0.2, 0.25) is 18.1 Å². The molecule has 0 aliphatic carbocycles. The van der Waals surface area contributed by atoms with Crippen LogP contribution >= 0.6 is 0 Å². The van der Waals surface area contributed by atoms with Crippen molar-refractivity contribution < 1.29 is 38.0 Å². The van der Waals surface area contributed by atoms with E-state index in [0.717, 1.165) is 11.1 Å². The maximum absolute atomic E-state index is 11.6. The van der Waals surface area contributed by atoms with Gasteiger partial charge in [-0.15, -0.1) is 0 Å². The summed E-state index contributed by atoms with van der Waals surface area (Å²) in [6.45, 7) is 21.5. The van der Waals surface area contributed by atoms with E-state index in [1.54, 1.807) is 6.08 Å². The molecule has 2 saturated heterocycles. The first-order valence-electron chi connectivity index (χ1n) is 17.2. The summed E-state index contributed by atoms with van der Waals surface area (Å²) in [7, 11) is -2.19. The monoisotopic (exact) mass is 682 g/mol. The molecule has 0 amide bonds. The molecular formula is C39H58O8Si. The van der Waals surface area contributed by atoms with E-state index in [1.807, 2.05) is 114 Å². The van der Waals surface area contributed by atoms with Crippen molar-refractivity contribution >= 4 is 8.32 Å². The van der Waals surface area contributed by atoms with Gasteiger partial charge in [-0.25, -0.2) is 0 Å². The Balaban J connectivity index is 1.70. The van der Waals surface area contributed by atoms with Crippen LogP contribution in [0.5, 0.6) is 0 Å². The van der Waals surface area contributed by atoms with E-state index in [-0.39, 0.29) is 11.1 Å². The molecule has 1 N–H and O–H groups in total. The number of hydrogen-bond acceptors (Lipinski definition) is 8. The Labute approximate surface area is 289 Å². The molecule has 0 radical (unpaired) electrons. The van der Waals surface area contributed by atoms with Gasteiger partial charge < -0.3 is 38.0 Å². The molecule has 2 aromatic carbocycles. The number of hydrogen-bond donors (Lipinski definition) is 1. The summed E-state index contributed by atoms with van der Waals surface area (Å²) in [5.41, 5.74) is 2.03. The van der Waals surface area contributed by atoms with Crippen molar-refractivity contribution in [1.82, 2.24) is 0 Å². The molecule has 2 aliphatic heterocycles. The van der Waals surface area contributed by atoms with Crippen LogP contribution < -0.4 is 0 Å². The molecule has 0 saturated carbocycles. The zero-order valence-electron chi connectivity index (χ0n) is 30.6. The fourth-order valence-corrected chi connectivity index (χ4v) is 6.92. The lowest BCUT2D eigenvalue weighted by Gasteiger charge is -2.39. The Kier molecular flexibility index (Phi) is 13.1. The predicted octanol–water partition coefficient (Wildman–Crippen LogP) is 7.71. The van der Waals surface area contributed by atoms with Crippen LogP contribution in [0.25, 0.3) is 0 Å². The third kappa shape index (κ3) is 10.7. The largest absolute Gasteiger partial charge is 0.408 e. The molecule has 0 spiro atoms. The minimum Gasteiger partial charge on any atom is -0.408 e. The number of ether oxygens (including phenoxy) is 6. The lowest BCUT2D eigenvalue weighted by Crippen LogP contribution is -2.50. The van der Waals surface area contributed by atoms with Crippen LogP contribution in [-0.2, 0) is 46.1 Å². The Morgan fingerprint density at radius 2 is 1.40 bits per heavy atom. The first-order chi connectivity index (χ1) is 22.5. The molecule has 2 fully saturated rings. The maximum atomic E-state index is 11.6. The normalized spacial score (nSPS) is 25.4. The molecule has 2 aliphatic rings. The van der Waals surface area contributed by atoms with E-state index < -0.39 is 56.5 Å². The van der Waals surface area contributed by atoms with Gasteiger partial charge in [-0.1, -0.05) is 106 Å². The molecular weight excluding hydrogens is 625 g/mol. The molecule has 0 bridgehead atoms. The molecule has 2 heterocycles. The first kappa shape index (κ1) is 38.6. The Morgan fingerprint density at radius 1 is 0.812 bits per heavy atom. The molecule has 7 atom stereocenters. The predicted molar refractivity (Wildman–Crippen MR) is 191 cm³/mol. The van der Waals surface area contributed by atoms with Crippen LogP contribution in [0.4, 0.5) is 0 Å². The van der Waals surface area contributed by atoms with Gasteiger partial charge in [-0.05, 0) is 63.9 Å². The van der Waals surface area contributed by atoms with Crippen LogP contribution in [0.1, 0.15) is 66.5 Å². The summed E-state index contributed by atoms with van der Waals surface area (Å²) in [5.74, 6) is -1.65. The average molecular weight is 683 g/mol.